The van der Waals surface area contributed by atoms with Crippen LogP contribution >= 0.6 is 0 Å². The zero-order valence-electron chi connectivity index (χ0n) is 10.6. The summed E-state index contributed by atoms with van der Waals surface area (Å²) in [7, 11) is 0. The maximum atomic E-state index is 12.6. The molecule has 2 bridgehead atoms. The van der Waals surface area contributed by atoms with Gasteiger partial charge in [0.1, 0.15) is 5.82 Å². The van der Waals surface area contributed by atoms with Crippen LogP contribution in [0.5, 0.6) is 0 Å². The second-order valence-electron chi connectivity index (χ2n) is 5.66. The predicted molar refractivity (Wildman–Crippen MR) is 69.2 cm³/mol. The fourth-order valence-corrected chi connectivity index (χ4v) is 3.82. The highest BCUT2D eigenvalue weighted by molar-refractivity contribution is 6.22. The SMILES string of the molecule is Cc1cccnc1N1C(=O)[C@H]2[C@H](C1=O)[C@H]1C=C[C@H]2C1. The smallest absolute Gasteiger partial charge is 0.239 e. The van der Waals surface area contributed by atoms with E-state index in [2.05, 4.69) is 17.1 Å². The molecule has 1 saturated heterocycles. The normalized spacial score (nSPS) is 35.3. The number of aryl methyl sites for hydroxylation is 1. The van der Waals surface area contributed by atoms with Gasteiger partial charge in [-0.15, -0.1) is 0 Å². The van der Waals surface area contributed by atoms with Crippen LogP contribution in [-0.2, 0) is 9.59 Å². The number of rotatable bonds is 1. The van der Waals surface area contributed by atoms with Crippen molar-refractivity contribution < 1.29 is 9.59 Å². The monoisotopic (exact) mass is 254 g/mol. The zero-order chi connectivity index (χ0) is 13.1. The summed E-state index contributed by atoms with van der Waals surface area (Å²) in [6.45, 7) is 1.88. The van der Waals surface area contributed by atoms with Gasteiger partial charge in [0.15, 0.2) is 0 Å². The molecule has 0 unspecified atom stereocenters. The Kier molecular flexibility index (Phi) is 2.03. The van der Waals surface area contributed by atoms with Crippen molar-refractivity contribution in [2.75, 3.05) is 4.90 Å². The third kappa shape index (κ3) is 1.26. The number of anilines is 1. The zero-order valence-corrected chi connectivity index (χ0v) is 10.6. The quantitative estimate of drug-likeness (QED) is 0.566. The molecular formula is C15H14N2O2. The third-order valence-electron chi connectivity index (χ3n) is 4.66. The van der Waals surface area contributed by atoms with E-state index in [0.717, 1.165) is 12.0 Å². The Morgan fingerprint density at radius 1 is 1.16 bits per heavy atom. The van der Waals surface area contributed by atoms with Gasteiger partial charge >= 0.3 is 0 Å². The van der Waals surface area contributed by atoms with Gasteiger partial charge < -0.3 is 0 Å². The molecule has 2 aliphatic carbocycles. The summed E-state index contributed by atoms with van der Waals surface area (Å²) in [5.41, 5.74) is 0.865. The Labute approximate surface area is 111 Å². The number of aromatic nitrogens is 1. The molecular weight excluding hydrogens is 240 g/mol. The fourth-order valence-electron chi connectivity index (χ4n) is 3.82. The number of carbonyl (C=O) groups excluding carboxylic acids is 2. The molecule has 0 N–H and O–H groups in total. The molecule has 1 saturated carbocycles. The Morgan fingerprint density at radius 3 is 2.37 bits per heavy atom. The molecule has 3 aliphatic rings. The number of hydrogen-bond donors (Lipinski definition) is 0. The average molecular weight is 254 g/mol. The van der Waals surface area contributed by atoms with Crippen molar-refractivity contribution in [1.82, 2.24) is 4.98 Å². The van der Waals surface area contributed by atoms with Crippen molar-refractivity contribution in [1.29, 1.82) is 0 Å². The van der Waals surface area contributed by atoms with Crippen LogP contribution in [0.1, 0.15) is 12.0 Å². The second-order valence-corrected chi connectivity index (χ2v) is 5.66. The summed E-state index contributed by atoms with van der Waals surface area (Å²) in [5, 5.41) is 0. The van der Waals surface area contributed by atoms with Gasteiger partial charge in [0.2, 0.25) is 11.8 Å². The van der Waals surface area contributed by atoms with Gasteiger partial charge in [-0.25, -0.2) is 9.88 Å². The summed E-state index contributed by atoms with van der Waals surface area (Å²) < 4.78 is 0. The van der Waals surface area contributed by atoms with E-state index in [1.165, 1.54) is 4.90 Å². The minimum Gasteiger partial charge on any atom is -0.274 e. The molecule has 4 heteroatoms. The summed E-state index contributed by atoms with van der Waals surface area (Å²) in [6, 6.07) is 3.69. The van der Waals surface area contributed by atoms with E-state index < -0.39 is 0 Å². The van der Waals surface area contributed by atoms with Crippen molar-refractivity contribution >= 4 is 17.6 Å². The number of pyridine rings is 1. The molecule has 2 amide bonds. The van der Waals surface area contributed by atoms with Gasteiger partial charge in [-0.1, -0.05) is 18.2 Å². The van der Waals surface area contributed by atoms with E-state index in [4.69, 9.17) is 0 Å². The van der Waals surface area contributed by atoms with Crippen LogP contribution in [0.15, 0.2) is 30.5 Å². The first kappa shape index (κ1) is 10.9. The molecule has 1 aromatic heterocycles. The minimum absolute atomic E-state index is 0.0614. The fraction of sp³-hybridized carbons (Fsp3) is 0.400. The number of imide groups is 1. The molecule has 0 aromatic carbocycles. The highest BCUT2D eigenvalue weighted by Crippen LogP contribution is 2.53. The van der Waals surface area contributed by atoms with Crippen LogP contribution < -0.4 is 4.90 Å². The first-order valence-electron chi connectivity index (χ1n) is 6.66. The largest absolute Gasteiger partial charge is 0.274 e. The van der Waals surface area contributed by atoms with Gasteiger partial charge in [-0.05, 0) is 36.8 Å². The minimum atomic E-state index is -0.149. The maximum absolute atomic E-state index is 12.6. The Hall–Kier alpha value is -1.97. The lowest BCUT2D eigenvalue weighted by Crippen LogP contribution is -2.34. The molecule has 1 aromatic rings. The van der Waals surface area contributed by atoms with E-state index in [9.17, 15) is 9.59 Å². The topological polar surface area (TPSA) is 50.3 Å². The number of allylic oxidation sites excluding steroid dienone is 2. The van der Waals surface area contributed by atoms with Crippen LogP contribution in [-0.4, -0.2) is 16.8 Å². The summed E-state index contributed by atoms with van der Waals surface area (Å²) >= 11 is 0. The van der Waals surface area contributed by atoms with Gasteiger partial charge in [0.05, 0.1) is 11.8 Å². The average Bonchev–Trinajstić information content (AvgIpc) is 3.06. The lowest BCUT2D eigenvalue weighted by Gasteiger charge is -2.17. The Balaban J connectivity index is 1.79. The van der Waals surface area contributed by atoms with Crippen LogP contribution in [0.2, 0.25) is 0 Å². The van der Waals surface area contributed by atoms with Crippen molar-refractivity contribution in [2.45, 2.75) is 13.3 Å². The second kappa shape index (κ2) is 3.53. The summed E-state index contributed by atoms with van der Waals surface area (Å²) in [6.07, 6.45) is 6.79. The number of carbonyl (C=O) groups is 2. The van der Waals surface area contributed by atoms with Gasteiger partial charge in [-0.2, -0.15) is 0 Å². The Morgan fingerprint density at radius 2 is 1.79 bits per heavy atom. The van der Waals surface area contributed by atoms with Crippen molar-refractivity contribution in [3.63, 3.8) is 0 Å². The van der Waals surface area contributed by atoms with Gasteiger partial charge in [0, 0.05) is 6.20 Å². The van der Waals surface area contributed by atoms with Crippen LogP contribution in [0, 0.1) is 30.6 Å². The molecule has 2 fully saturated rings. The highest BCUT2D eigenvalue weighted by atomic mass is 16.2. The van der Waals surface area contributed by atoms with Gasteiger partial charge in [0.25, 0.3) is 0 Å². The molecule has 0 spiro atoms. The molecule has 4 rings (SSSR count). The van der Waals surface area contributed by atoms with Crippen LogP contribution in [0.25, 0.3) is 0 Å². The molecule has 0 radical (unpaired) electrons. The molecule has 4 atom stereocenters. The van der Waals surface area contributed by atoms with Crippen LogP contribution in [0.4, 0.5) is 5.82 Å². The van der Waals surface area contributed by atoms with E-state index in [1.54, 1.807) is 6.20 Å². The Bertz CT molecular complexity index is 592. The first-order chi connectivity index (χ1) is 9.18. The number of amides is 2. The predicted octanol–water partition coefficient (Wildman–Crippen LogP) is 1.70. The molecule has 19 heavy (non-hydrogen) atoms. The van der Waals surface area contributed by atoms with E-state index in [-0.39, 0.29) is 35.5 Å². The van der Waals surface area contributed by atoms with Crippen molar-refractivity contribution in [3.8, 4) is 0 Å². The third-order valence-corrected chi connectivity index (χ3v) is 4.66. The molecule has 1 aliphatic heterocycles. The molecule has 2 heterocycles. The maximum Gasteiger partial charge on any atom is 0.239 e. The first-order valence-corrected chi connectivity index (χ1v) is 6.66. The summed E-state index contributed by atoms with van der Waals surface area (Å²) in [4.78, 5) is 30.7. The number of hydrogen-bond acceptors (Lipinski definition) is 3. The van der Waals surface area contributed by atoms with E-state index in [1.807, 2.05) is 19.1 Å². The summed E-state index contributed by atoms with van der Waals surface area (Å²) in [5.74, 6) is 0.586. The van der Waals surface area contributed by atoms with E-state index in [0.29, 0.717) is 5.82 Å². The van der Waals surface area contributed by atoms with Crippen molar-refractivity contribution in [3.05, 3.63) is 36.0 Å². The van der Waals surface area contributed by atoms with Crippen LogP contribution in [0.3, 0.4) is 0 Å². The standard InChI is InChI=1S/C15H14N2O2/c1-8-3-2-6-16-13(8)17-14(18)11-9-4-5-10(7-9)12(11)15(17)19/h2-6,9-12H,7H2,1H3/t9-,10-,11+,12+/m0/s1. The number of nitrogens with zero attached hydrogens (tertiary/aromatic N) is 2. The number of fused-ring (bicyclic) bond motifs is 5. The van der Waals surface area contributed by atoms with Crippen molar-refractivity contribution in [2.24, 2.45) is 23.7 Å². The van der Waals surface area contributed by atoms with E-state index >= 15 is 0 Å². The highest BCUT2D eigenvalue weighted by Gasteiger charge is 2.59. The molecule has 4 nitrogen and oxygen atoms in total. The van der Waals surface area contributed by atoms with Gasteiger partial charge in [-0.3, -0.25) is 9.59 Å². The lowest BCUT2D eigenvalue weighted by molar-refractivity contribution is -0.123. The molecule has 96 valence electrons. The lowest BCUT2D eigenvalue weighted by atomic mass is 9.85.